The maximum absolute atomic E-state index is 6.25. The third-order valence-corrected chi connectivity index (χ3v) is 3.46. The summed E-state index contributed by atoms with van der Waals surface area (Å²) in [7, 11) is 1.58. The maximum atomic E-state index is 6.25. The Bertz CT molecular complexity index is 449. The Kier molecular flexibility index (Phi) is 3.69. The fraction of sp³-hybridized carbons (Fsp3) is 0.300. The maximum Gasteiger partial charge on any atom is 0.216 e. The van der Waals surface area contributed by atoms with Crippen LogP contribution in [0.4, 0.5) is 0 Å². The molecule has 0 radical (unpaired) electrons. The molecule has 4 nitrogen and oxygen atoms in total. The minimum Gasteiger partial charge on any atom is -0.481 e. The van der Waals surface area contributed by atoms with E-state index in [1.54, 1.807) is 36.2 Å². The molecule has 0 aliphatic heterocycles. The summed E-state index contributed by atoms with van der Waals surface area (Å²) in [5.41, 5.74) is 2.63. The number of halogens is 1. The topological polar surface area (TPSA) is 47.9 Å². The minimum absolute atomic E-state index is 0.105. The van der Waals surface area contributed by atoms with Crippen LogP contribution in [-0.2, 0) is 6.42 Å². The van der Waals surface area contributed by atoms with E-state index in [-0.39, 0.29) is 5.38 Å². The molecule has 0 fully saturated rings. The molecule has 0 spiro atoms. The van der Waals surface area contributed by atoms with Gasteiger partial charge in [-0.2, -0.15) is 0 Å². The van der Waals surface area contributed by atoms with Crippen LogP contribution >= 0.6 is 22.9 Å². The highest BCUT2D eigenvalue weighted by Crippen LogP contribution is 2.27. The van der Waals surface area contributed by atoms with Crippen LogP contribution in [0, 0.1) is 0 Å². The first-order valence-corrected chi connectivity index (χ1v) is 5.98. The van der Waals surface area contributed by atoms with Crippen LogP contribution < -0.4 is 4.74 Å². The number of alkyl halides is 1. The molecule has 0 aliphatic rings. The molecule has 2 rings (SSSR count). The first kappa shape index (κ1) is 11.3. The number of rotatable bonds is 4. The summed E-state index contributed by atoms with van der Waals surface area (Å²) in [4.78, 5) is 13.1. The molecule has 2 heterocycles. The Balaban J connectivity index is 2.08. The lowest BCUT2D eigenvalue weighted by atomic mass is 10.2. The molecule has 0 N–H and O–H groups in total. The molecule has 16 heavy (non-hydrogen) atoms. The fourth-order valence-electron chi connectivity index (χ4n) is 1.26. The zero-order valence-electron chi connectivity index (χ0n) is 8.63. The van der Waals surface area contributed by atoms with Crippen LogP contribution in [0.2, 0.25) is 0 Å². The highest BCUT2D eigenvalue weighted by molar-refractivity contribution is 7.09. The average Bonchev–Trinajstić information content (AvgIpc) is 2.83. The van der Waals surface area contributed by atoms with E-state index >= 15 is 0 Å². The summed E-state index contributed by atoms with van der Waals surface area (Å²) in [5, 5.41) is -0.105. The quantitative estimate of drug-likeness (QED) is 0.788. The average molecular weight is 256 g/mol. The first-order chi connectivity index (χ1) is 7.79. The van der Waals surface area contributed by atoms with E-state index < -0.39 is 0 Å². The number of thiazole rings is 1. The van der Waals surface area contributed by atoms with Gasteiger partial charge >= 0.3 is 0 Å². The molecule has 1 atom stereocenters. The van der Waals surface area contributed by atoms with Crippen molar-refractivity contribution in [1.82, 2.24) is 15.0 Å². The number of hydrogen-bond donors (Lipinski definition) is 0. The van der Waals surface area contributed by atoms with Crippen molar-refractivity contribution in [2.45, 2.75) is 11.8 Å². The molecule has 0 saturated carbocycles. The van der Waals surface area contributed by atoms with Gasteiger partial charge in [0.2, 0.25) is 5.88 Å². The van der Waals surface area contributed by atoms with Crippen LogP contribution in [-0.4, -0.2) is 22.1 Å². The summed E-state index contributed by atoms with van der Waals surface area (Å²) >= 11 is 7.79. The normalized spacial score (nSPS) is 12.4. The Labute approximate surface area is 102 Å². The van der Waals surface area contributed by atoms with Crippen molar-refractivity contribution in [3.63, 3.8) is 0 Å². The van der Waals surface area contributed by atoms with Crippen molar-refractivity contribution in [3.8, 4) is 5.88 Å². The lowest BCUT2D eigenvalue weighted by Crippen LogP contribution is -1.98. The van der Waals surface area contributed by atoms with Crippen LogP contribution in [0.1, 0.15) is 15.9 Å². The van der Waals surface area contributed by atoms with Gasteiger partial charge in [0.15, 0.2) is 0 Å². The molecule has 2 aromatic rings. The van der Waals surface area contributed by atoms with Crippen LogP contribution in [0.15, 0.2) is 24.1 Å². The Morgan fingerprint density at radius 3 is 3.06 bits per heavy atom. The van der Waals surface area contributed by atoms with E-state index in [4.69, 9.17) is 16.3 Å². The molecule has 0 bridgehead atoms. The Morgan fingerprint density at radius 1 is 1.50 bits per heavy atom. The lowest BCUT2D eigenvalue weighted by Gasteiger charge is -2.06. The Hall–Kier alpha value is -1.20. The second kappa shape index (κ2) is 5.23. The van der Waals surface area contributed by atoms with Gasteiger partial charge in [0.05, 0.1) is 18.0 Å². The van der Waals surface area contributed by atoms with Gasteiger partial charge in [-0.15, -0.1) is 22.9 Å². The minimum atomic E-state index is -0.105. The first-order valence-electron chi connectivity index (χ1n) is 4.67. The van der Waals surface area contributed by atoms with E-state index in [2.05, 4.69) is 15.0 Å². The van der Waals surface area contributed by atoms with Gasteiger partial charge in [-0.25, -0.2) is 9.97 Å². The highest BCUT2D eigenvalue weighted by Gasteiger charge is 2.12. The monoisotopic (exact) mass is 255 g/mol. The van der Waals surface area contributed by atoms with Crippen LogP contribution in [0.25, 0.3) is 0 Å². The zero-order chi connectivity index (χ0) is 11.4. The third-order valence-electron chi connectivity index (χ3n) is 2.06. The predicted molar refractivity (Wildman–Crippen MR) is 63.0 cm³/mol. The van der Waals surface area contributed by atoms with Crippen molar-refractivity contribution in [2.75, 3.05) is 7.11 Å². The van der Waals surface area contributed by atoms with Gasteiger partial charge in [-0.05, 0) is 0 Å². The summed E-state index contributed by atoms with van der Waals surface area (Å²) in [6.07, 6.45) is 3.90. The second-order valence-electron chi connectivity index (χ2n) is 3.13. The van der Waals surface area contributed by atoms with Gasteiger partial charge in [-0.3, -0.25) is 4.98 Å². The van der Waals surface area contributed by atoms with Gasteiger partial charge < -0.3 is 4.74 Å². The van der Waals surface area contributed by atoms with E-state index in [0.29, 0.717) is 12.3 Å². The Morgan fingerprint density at radius 2 is 2.38 bits per heavy atom. The lowest BCUT2D eigenvalue weighted by molar-refractivity contribution is 0.396. The van der Waals surface area contributed by atoms with Gasteiger partial charge in [0.25, 0.3) is 0 Å². The van der Waals surface area contributed by atoms with Crippen LogP contribution in [0.5, 0.6) is 5.88 Å². The number of ether oxygens (including phenoxy) is 1. The van der Waals surface area contributed by atoms with E-state index in [9.17, 15) is 0 Å². The van der Waals surface area contributed by atoms with Crippen molar-refractivity contribution in [3.05, 3.63) is 34.7 Å². The van der Waals surface area contributed by atoms with Gasteiger partial charge in [0, 0.05) is 29.3 Å². The number of methoxy groups -OCH3 is 1. The van der Waals surface area contributed by atoms with Crippen LogP contribution in [0.3, 0.4) is 0 Å². The fourth-order valence-corrected chi connectivity index (χ4v) is 2.23. The molecular weight excluding hydrogens is 246 g/mol. The molecule has 84 valence electrons. The molecule has 0 saturated heterocycles. The molecule has 0 amide bonds. The number of nitrogens with zero attached hydrogens (tertiary/aromatic N) is 3. The SMILES string of the molecule is COc1cc(CC(Cl)c2cncs2)ncn1. The van der Waals surface area contributed by atoms with E-state index in [1.165, 1.54) is 6.33 Å². The molecular formula is C10H10ClN3OS. The third kappa shape index (κ3) is 2.68. The van der Waals surface area contributed by atoms with E-state index in [0.717, 1.165) is 10.6 Å². The standard InChI is InChI=1S/C10H10ClN3OS/c1-15-10-3-7(13-5-14-10)2-8(11)9-4-12-6-16-9/h3-6,8H,2H2,1H3. The summed E-state index contributed by atoms with van der Waals surface area (Å²) in [6, 6.07) is 1.79. The smallest absolute Gasteiger partial charge is 0.216 e. The van der Waals surface area contributed by atoms with Crippen molar-refractivity contribution >= 4 is 22.9 Å². The molecule has 2 aromatic heterocycles. The highest BCUT2D eigenvalue weighted by atomic mass is 35.5. The molecule has 0 aromatic carbocycles. The largest absolute Gasteiger partial charge is 0.481 e. The van der Waals surface area contributed by atoms with Gasteiger partial charge in [-0.1, -0.05) is 0 Å². The zero-order valence-corrected chi connectivity index (χ0v) is 10.2. The molecule has 6 heteroatoms. The number of hydrogen-bond acceptors (Lipinski definition) is 5. The van der Waals surface area contributed by atoms with Gasteiger partial charge in [0.1, 0.15) is 6.33 Å². The summed E-state index contributed by atoms with van der Waals surface area (Å²) in [5.74, 6) is 0.554. The van der Waals surface area contributed by atoms with E-state index in [1.807, 2.05) is 0 Å². The molecule has 1 unspecified atom stereocenters. The second-order valence-corrected chi connectivity index (χ2v) is 4.57. The summed E-state index contributed by atoms with van der Waals surface area (Å²) < 4.78 is 5.02. The predicted octanol–water partition coefficient (Wildman–Crippen LogP) is 2.46. The number of aromatic nitrogens is 3. The molecule has 0 aliphatic carbocycles. The summed E-state index contributed by atoms with van der Waals surface area (Å²) in [6.45, 7) is 0. The van der Waals surface area contributed by atoms with Crippen molar-refractivity contribution < 1.29 is 4.74 Å². The van der Waals surface area contributed by atoms with Crippen molar-refractivity contribution in [1.29, 1.82) is 0 Å². The van der Waals surface area contributed by atoms with Crippen molar-refractivity contribution in [2.24, 2.45) is 0 Å².